The molecule has 25 heavy (non-hydrogen) atoms. The van der Waals surface area contributed by atoms with Crippen LogP contribution in [0.5, 0.6) is 0 Å². The lowest BCUT2D eigenvalue weighted by molar-refractivity contribution is 0.0374. The number of ketones is 1. The fourth-order valence-corrected chi connectivity index (χ4v) is 3.69. The molecule has 1 saturated carbocycles. The summed E-state index contributed by atoms with van der Waals surface area (Å²) < 4.78 is 10.5. The molecule has 0 atom stereocenters. The smallest absolute Gasteiger partial charge is 0.341 e. The molecule has 1 heterocycles. The minimum atomic E-state index is -0.535. The summed E-state index contributed by atoms with van der Waals surface area (Å²) in [5.41, 5.74) is 1.07. The number of ether oxygens (including phenoxy) is 1. The molecule has 7 heteroatoms. The standard InChI is InChI=1S/C18H18ClNO4S/c1-9(2)23-18(22)14-13(19)7-6-11(17(14)25-3)15(21)12-8-20-24-16(12)10-4-5-10/h6-10H,4-5H2,1-3H3. The molecule has 0 aliphatic heterocycles. The van der Waals surface area contributed by atoms with Crippen LogP contribution in [0, 0.1) is 0 Å². The summed E-state index contributed by atoms with van der Waals surface area (Å²) in [5.74, 6) is 0.129. The van der Waals surface area contributed by atoms with Gasteiger partial charge in [-0.1, -0.05) is 16.8 Å². The number of carbonyl (C=O) groups is 2. The Balaban J connectivity index is 2.05. The average molecular weight is 380 g/mol. The van der Waals surface area contributed by atoms with Gasteiger partial charge in [-0.3, -0.25) is 4.79 Å². The maximum atomic E-state index is 13.0. The van der Waals surface area contributed by atoms with E-state index in [0.717, 1.165) is 12.8 Å². The minimum Gasteiger partial charge on any atom is -0.459 e. The van der Waals surface area contributed by atoms with Gasteiger partial charge in [0.2, 0.25) is 0 Å². The molecule has 0 radical (unpaired) electrons. The maximum Gasteiger partial charge on any atom is 0.341 e. The van der Waals surface area contributed by atoms with Crippen molar-refractivity contribution in [2.75, 3.05) is 6.26 Å². The number of rotatable bonds is 6. The van der Waals surface area contributed by atoms with E-state index in [1.54, 1.807) is 32.2 Å². The van der Waals surface area contributed by atoms with Gasteiger partial charge in [0.05, 0.1) is 28.5 Å². The van der Waals surface area contributed by atoms with E-state index in [4.69, 9.17) is 20.9 Å². The van der Waals surface area contributed by atoms with Gasteiger partial charge in [0, 0.05) is 16.4 Å². The highest BCUT2D eigenvalue weighted by atomic mass is 35.5. The third-order valence-electron chi connectivity index (χ3n) is 3.89. The largest absolute Gasteiger partial charge is 0.459 e. The van der Waals surface area contributed by atoms with Crippen LogP contribution in [0.25, 0.3) is 0 Å². The van der Waals surface area contributed by atoms with Crippen LogP contribution < -0.4 is 0 Å². The monoisotopic (exact) mass is 379 g/mol. The van der Waals surface area contributed by atoms with Crippen molar-refractivity contribution in [2.45, 2.75) is 43.6 Å². The summed E-state index contributed by atoms with van der Waals surface area (Å²) in [5, 5.41) is 4.04. The first kappa shape index (κ1) is 18.0. The predicted molar refractivity (Wildman–Crippen MR) is 95.7 cm³/mol. The lowest BCUT2D eigenvalue weighted by atomic mass is 10.0. The van der Waals surface area contributed by atoms with Gasteiger partial charge in [-0.2, -0.15) is 0 Å². The Morgan fingerprint density at radius 3 is 2.64 bits per heavy atom. The van der Waals surface area contributed by atoms with Crippen molar-refractivity contribution in [1.82, 2.24) is 5.16 Å². The van der Waals surface area contributed by atoms with Crippen molar-refractivity contribution in [3.05, 3.63) is 45.8 Å². The van der Waals surface area contributed by atoms with E-state index in [1.807, 2.05) is 0 Å². The zero-order valence-corrected chi connectivity index (χ0v) is 15.7. The van der Waals surface area contributed by atoms with Crippen LogP contribution in [-0.2, 0) is 4.74 Å². The molecule has 2 aromatic rings. The molecule has 0 unspecified atom stereocenters. The number of aromatic nitrogens is 1. The van der Waals surface area contributed by atoms with Crippen molar-refractivity contribution in [2.24, 2.45) is 0 Å². The van der Waals surface area contributed by atoms with Gasteiger partial charge >= 0.3 is 5.97 Å². The molecule has 1 fully saturated rings. The van der Waals surface area contributed by atoms with E-state index in [0.29, 0.717) is 21.8 Å². The summed E-state index contributed by atoms with van der Waals surface area (Å²) in [6.07, 6.45) is 4.96. The van der Waals surface area contributed by atoms with Crippen molar-refractivity contribution < 1.29 is 18.8 Å². The van der Waals surface area contributed by atoms with Crippen molar-refractivity contribution >= 4 is 35.1 Å². The minimum absolute atomic E-state index is 0.220. The molecule has 5 nitrogen and oxygen atoms in total. The molecule has 0 bridgehead atoms. The average Bonchev–Trinajstić information content (AvgIpc) is 3.29. The third-order valence-corrected chi connectivity index (χ3v) is 5.04. The van der Waals surface area contributed by atoms with Gasteiger partial charge in [0.15, 0.2) is 11.5 Å². The van der Waals surface area contributed by atoms with E-state index in [-0.39, 0.29) is 28.4 Å². The van der Waals surface area contributed by atoms with Gasteiger partial charge in [0.1, 0.15) is 0 Å². The Bertz CT molecular complexity index is 826. The summed E-state index contributed by atoms with van der Waals surface area (Å²) >= 11 is 7.51. The maximum absolute atomic E-state index is 13.0. The van der Waals surface area contributed by atoms with Crippen molar-refractivity contribution in [3.63, 3.8) is 0 Å². The SMILES string of the molecule is CSc1c(C(=O)c2cnoc2C2CC2)ccc(Cl)c1C(=O)OC(C)C. The van der Waals surface area contributed by atoms with Crippen LogP contribution in [0.1, 0.15) is 64.6 Å². The second kappa shape index (κ2) is 7.22. The van der Waals surface area contributed by atoms with Crippen LogP contribution >= 0.6 is 23.4 Å². The molecular formula is C18H18ClNO4S. The van der Waals surface area contributed by atoms with Crippen LogP contribution in [0.15, 0.2) is 27.7 Å². The molecule has 132 valence electrons. The van der Waals surface area contributed by atoms with E-state index in [1.165, 1.54) is 18.0 Å². The Morgan fingerprint density at radius 1 is 1.32 bits per heavy atom. The molecule has 1 aromatic heterocycles. The number of hydrogen-bond acceptors (Lipinski definition) is 6. The number of thioether (sulfide) groups is 1. The summed E-state index contributed by atoms with van der Waals surface area (Å²) in [7, 11) is 0. The first-order chi connectivity index (χ1) is 11.9. The van der Waals surface area contributed by atoms with E-state index < -0.39 is 5.97 Å². The molecule has 1 aromatic carbocycles. The highest BCUT2D eigenvalue weighted by molar-refractivity contribution is 7.98. The van der Waals surface area contributed by atoms with E-state index in [2.05, 4.69) is 5.16 Å². The Morgan fingerprint density at radius 2 is 2.04 bits per heavy atom. The zero-order valence-electron chi connectivity index (χ0n) is 14.2. The molecule has 3 rings (SSSR count). The van der Waals surface area contributed by atoms with E-state index >= 15 is 0 Å². The Kier molecular flexibility index (Phi) is 5.20. The first-order valence-corrected chi connectivity index (χ1v) is 9.61. The molecule has 0 saturated heterocycles. The molecular weight excluding hydrogens is 362 g/mol. The summed E-state index contributed by atoms with van der Waals surface area (Å²) in [6, 6.07) is 3.18. The van der Waals surface area contributed by atoms with Crippen LogP contribution in [-0.4, -0.2) is 29.3 Å². The lowest BCUT2D eigenvalue weighted by Gasteiger charge is -2.15. The van der Waals surface area contributed by atoms with Crippen LogP contribution in [0.2, 0.25) is 5.02 Å². The zero-order chi connectivity index (χ0) is 18.1. The van der Waals surface area contributed by atoms with Gasteiger partial charge in [0.25, 0.3) is 0 Å². The Labute approximate surface area is 155 Å². The molecule has 0 amide bonds. The molecule has 0 spiro atoms. The van der Waals surface area contributed by atoms with Crippen molar-refractivity contribution in [1.29, 1.82) is 0 Å². The highest BCUT2D eigenvalue weighted by Gasteiger charge is 2.34. The van der Waals surface area contributed by atoms with Gasteiger partial charge in [-0.05, 0) is 45.1 Å². The number of nitrogens with zero attached hydrogens (tertiary/aromatic N) is 1. The second-order valence-electron chi connectivity index (χ2n) is 6.16. The number of carbonyl (C=O) groups excluding carboxylic acids is 2. The molecule has 0 N–H and O–H groups in total. The number of benzene rings is 1. The fourth-order valence-electron chi connectivity index (χ4n) is 2.62. The Hall–Kier alpha value is -1.79. The second-order valence-corrected chi connectivity index (χ2v) is 7.39. The number of halogens is 1. The summed E-state index contributed by atoms with van der Waals surface area (Å²) in [6.45, 7) is 3.53. The van der Waals surface area contributed by atoms with Gasteiger partial charge in [-0.15, -0.1) is 11.8 Å². The normalized spacial score (nSPS) is 14.0. The number of esters is 1. The number of hydrogen-bond donors (Lipinski definition) is 0. The van der Waals surface area contributed by atoms with Crippen LogP contribution in [0.3, 0.4) is 0 Å². The topological polar surface area (TPSA) is 69.4 Å². The first-order valence-electron chi connectivity index (χ1n) is 8.00. The van der Waals surface area contributed by atoms with Crippen molar-refractivity contribution in [3.8, 4) is 0 Å². The van der Waals surface area contributed by atoms with Crippen LogP contribution in [0.4, 0.5) is 0 Å². The fraction of sp³-hybridized carbons (Fsp3) is 0.389. The summed E-state index contributed by atoms with van der Waals surface area (Å²) in [4.78, 5) is 26.0. The highest BCUT2D eigenvalue weighted by Crippen LogP contribution is 2.42. The van der Waals surface area contributed by atoms with Gasteiger partial charge < -0.3 is 9.26 Å². The quantitative estimate of drug-likeness (QED) is 0.410. The lowest BCUT2D eigenvalue weighted by Crippen LogP contribution is -2.15. The van der Waals surface area contributed by atoms with E-state index in [9.17, 15) is 9.59 Å². The third kappa shape index (κ3) is 3.60. The molecule has 1 aliphatic rings. The van der Waals surface area contributed by atoms with Gasteiger partial charge in [-0.25, -0.2) is 4.79 Å². The predicted octanol–water partition coefficient (Wildman–Crippen LogP) is 4.72. The molecule has 1 aliphatic carbocycles.